The largest absolute Gasteiger partial charge is 0.481 e. The fourth-order valence-electron chi connectivity index (χ4n) is 1.18. The second-order valence-electron chi connectivity index (χ2n) is 5.83. The van der Waals surface area contributed by atoms with Crippen LogP contribution < -0.4 is 0 Å². The van der Waals surface area contributed by atoms with Crippen molar-refractivity contribution in [3.05, 3.63) is 24.3 Å². The molecular weight excluding hydrogens is 332 g/mol. The molecule has 25 heavy (non-hydrogen) atoms. The van der Waals surface area contributed by atoms with E-state index in [1.165, 1.54) is 0 Å². The van der Waals surface area contributed by atoms with Crippen molar-refractivity contribution in [3.63, 3.8) is 0 Å². The number of hydrogen-bond donors (Lipinski definition) is 4. The summed E-state index contributed by atoms with van der Waals surface area (Å²) in [6, 6.07) is 0. The van der Waals surface area contributed by atoms with Crippen LogP contribution in [0.1, 0.15) is 53.4 Å². The van der Waals surface area contributed by atoms with Crippen molar-refractivity contribution in [2.75, 3.05) is 0 Å². The molecule has 0 aliphatic carbocycles. The lowest BCUT2D eigenvalue weighted by Crippen LogP contribution is -2.20. The van der Waals surface area contributed by atoms with Gasteiger partial charge in [-0.25, -0.2) is 9.59 Å². The summed E-state index contributed by atoms with van der Waals surface area (Å²) in [5.74, 6) is -3.72. The number of carboxylic acids is 4. The lowest BCUT2D eigenvalue weighted by molar-refractivity contribution is -0.143. The lowest BCUT2D eigenvalue weighted by Gasteiger charge is -2.18. The van der Waals surface area contributed by atoms with E-state index in [0.717, 1.165) is 0 Å². The van der Waals surface area contributed by atoms with Gasteiger partial charge < -0.3 is 20.4 Å². The van der Waals surface area contributed by atoms with E-state index in [0.29, 0.717) is 12.8 Å². The first-order valence-corrected chi connectivity index (χ1v) is 7.45. The van der Waals surface area contributed by atoms with Crippen LogP contribution in [0.3, 0.4) is 0 Å². The van der Waals surface area contributed by atoms with Crippen LogP contribution in [0.5, 0.6) is 0 Å². The van der Waals surface area contributed by atoms with E-state index >= 15 is 0 Å². The molecule has 0 radical (unpaired) electrons. The molecule has 144 valence electrons. The van der Waals surface area contributed by atoms with E-state index in [2.05, 4.69) is 13.2 Å². The van der Waals surface area contributed by atoms with Crippen molar-refractivity contribution >= 4 is 23.9 Å². The summed E-state index contributed by atoms with van der Waals surface area (Å²) in [6.07, 6.45) is 0.823. The first-order chi connectivity index (χ1) is 11.2. The summed E-state index contributed by atoms with van der Waals surface area (Å²) >= 11 is 0. The Morgan fingerprint density at radius 2 is 0.960 bits per heavy atom. The lowest BCUT2D eigenvalue weighted by atomic mass is 9.86. The Balaban J connectivity index is -0.000000304. The Morgan fingerprint density at radius 3 is 1.04 bits per heavy atom. The maximum Gasteiger partial charge on any atom is 0.330 e. The van der Waals surface area contributed by atoms with Crippen LogP contribution in [0.25, 0.3) is 0 Å². The van der Waals surface area contributed by atoms with Crippen molar-refractivity contribution in [1.29, 1.82) is 0 Å². The van der Waals surface area contributed by atoms with Crippen LogP contribution in [-0.4, -0.2) is 44.3 Å². The van der Waals surface area contributed by atoms with Crippen LogP contribution in [0, 0.1) is 5.41 Å². The first kappa shape index (κ1) is 27.2. The third-order valence-electron chi connectivity index (χ3n) is 2.72. The highest BCUT2D eigenvalue weighted by molar-refractivity contribution is 5.85. The Labute approximate surface area is 147 Å². The minimum atomic E-state index is -0.962. The monoisotopic (exact) mass is 360 g/mol. The average Bonchev–Trinajstić information content (AvgIpc) is 2.43. The van der Waals surface area contributed by atoms with Crippen molar-refractivity contribution in [2.24, 2.45) is 5.41 Å². The molecule has 0 heterocycles. The van der Waals surface area contributed by atoms with Gasteiger partial charge in [0.2, 0.25) is 0 Å². The Morgan fingerprint density at radius 1 is 0.720 bits per heavy atom. The first-order valence-electron chi connectivity index (χ1n) is 7.45. The summed E-state index contributed by atoms with van der Waals surface area (Å²) in [5.41, 5.74) is -0.127. The van der Waals surface area contributed by atoms with Gasteiger partial charge in [0, 0.05) is 11.1 Å². The predicted octanol–water partition coefficient (Wildman–Crippen LogP) is 3.04. The summed E-state index contributed by atoms with van der Waals surface area (Å²) in [7, 11) is 0. The summed E-state index contributed by atoms with van der Waals surface area (Å²) in [6.45, 7) is 13.3. The summed E-state index contributed by atoms with van der Waals surface area (Å²) in [5, 5.41) is 32.9. The zero-order chi connectivity index (χ0) is 20.8. The molecule has 0 atom stereocenters. The topological polar surface area (TPSA) is 149 Å². The fourth-order valence-corrected chi connectivity index (χ4v) is 1.18. The van der Waals surface area contributed by atoms with Gasteiger partial charge >= 0.3 is 23.9 Å². The summed E-state index contributed by atoms with van der Waals surface area (Å²) < 4.78 is 0. The van der Waals surface area contributed by atoms with Gasteiger partial charge in [-0.15, -0.1) is 0 Å². The van der Waals surface area contributed by atoms with E-state index in [1.807, 2.05) is 0 Å². The highest BCUT2D eigenvalue weighted by atomic mass is 16.4. The van der Waals surface area contributed by atoms with Crippen LogP contribution in [-0.2, 0) is 19.2 Å². The van der Waals surface area contributed by atoms with Gasteiger partial charge in [0.1, 0.15) is 0 Å². The smallest absolute Gasteiger partial charge is 0.330 e. The quantitative estimate of drug-likeness (QED) is 0.482. The standard InChI is InChI=1S/C7H12O4.2C5H8O2/c1-7(2,3-5(8)9)4-6(10)11;2*1-3-4(2)5(6)7/h3-4H2,1-2H3,(H,8,9)(H,10,11);2*2-3H2,1H3,(H,6,7). The van der Waals surface area contributed by atoms with E-state index < -0.39 is 29.3 Å². The molecule has 0 spiro atoms. The summed E-state index contributed by atoms with van der Waals surface area (Å²) in [4.78, 5) is 40.1. The molecule has 0 aliphatic rings. The second kappa shape index (κ2) is 13.8. The van der Waals surface area contributed by atoms with Gasteiger partial charge in [0.15, 0.2) is 0 Å². The third kappa shape index (κ3) is 21.4. The molecule has 0 aromatic heterocycles. The molecule has 0 amide bonds. The third-order valence-corrected chi connectivity index (χ3v) is 2.72. The number of hydrogen-bond acceptors (Lipinski definition) is 4. The van der Waals surface area contributed by atoms with Crippen molar-refractivity contribution in [3.8, 4) is 0 Å². The minimum absolute atomic E-state index is 0.112. The van der Waals surface area contributed by atoms with E-state index in [1.54, 1.807) is 27.7 Å². The average molecular weight is 360 g/mol. The maximum absolute atomic E-state index is 10.2. The molecule has 0 fully saturated rings. The van der Waals surface area contributed by atoms with Gasteiger partial charge in [-0.2, -0.15) is 0 Å². The van der Waals surface area contributed by atoms with E-state index in [9.17, 15) is 19.2 Å². The molecule has 0 aromatic carbocycles. The van der Waals surface area contributed by atoms with Crippen LogP contribution in [0.4, 0.5) is 0 Å². The predicted molar refractivity (Wildman–Crippen MR) is 92.4 cm³/mol. The molecule has 0 aromatic rings. The number of carboxylic acid groups (broad SMARTS) is 4. The Kier molecular flexibility index (Phi) is 15.0. The highest BCUT2D eigenvalue weighted by Crippen LogP contribution is 2.24. The SMILES string of the molecule is C=C(CC)C(=O)O.C=C(CC)C(=O)O.CC(C)(CC(=O)O)CC(=O)O. The minimum Gasteiger partial charge on any atom is -0.481 e. The Hall–Kier alpha value is -2.64. The molecule has 0 aliphatic heterocycles. The zero-order valence-corrected chi connectivity index (χ0v) is 15.2. The van der Waals surface area contributed by atoms with Crippen molar-refractivity contribution < 1.29 is 39.6 Å². The fraction of sp³-hybridized carbons (Fsp3) is 0.529. The molecule has 0 rings (SSSR count). The van der Waals surface area contributed by atoms with Gasteiger partial charge in [-0.05, 0) is 18.3 Å². The molecule has 8 heteroatoms. The highest BCUT2D eigenvalue weighted by Gasteiger charge is 2.24. The van der Waals surface area contributed by atoms with Crippen LogP contribution >= 0.6 is 0 Å². The number of aliphatic carboxylic acids is 4. The van der Waals surface area contributed by atoms with Crippen molar-refractivity contribution in [2.45, 2.75) is 53.4 Å². The van der Waals surface area contributed by atoms with Crippen molar-refractivity contribution in [1.82, 2.24) is 0 Å². The van der Waals surface area contributed by atoms with Gasteiger partial charge in [0.05, 0.1) is 12.8 Å². The molecule has 8 nitrogen and oxygen atoms in total. The van der Waals surface area contributed by atoms with Gasteiger partial charge in [-0.3, -0.25) is 9.59 Å². The Bertz CT molecular complexity index is 459. The van der Waals surface area contributed by atoms with Crippen LogP contribution in [0.2, 0.25) is 0 Å². The molecule has 0 saturated heterocycles. The maximum atomic E-state index is 10.2. The molecule has 0 saturated carbocycles. The van der Waals surface area contributed by atoms with Gasteiger partial charge in [0.25, 0.3) is 0 Å². The van der Waals surface area contributed by atoms with Crippen LogP contribution in [0.15, 0.2) is 24.3 Å². The second-order valence-corrected chi connectivity index (χ2v) is 5.83. The van der Waals surface area contributed by atoms with E-state index in [4.69, 9.17) is 20.4 Å². The molecule has 0 bridgehead atoms. The normalized spacial score (nSPS) is 9.44. The molecular formula is C17H28O8. The zero-order valence-electron chi connectivity index (χ0n) is 15.2. The molecule has 0 unspecified atom stereocenters. The van der Waals surface area contributed by atoms with Gasteiger partial charge in [-0.1, -0.05) is 40.9 Å². The van der Waals surface area contributed by atoms with E-state index in [-0.39, 0.29) is 24.0 Å². The number of carbonyl (C=O) groups is 4. The number of rotatable bonds is 8. The molecule has 4 N–H and O–H groups in total.